The SMILES string of the molecule is NCC(=O)c1ccc(CC2CC2)cc1. The Hall–Kier alpha value is -1.15. The predicted octanol–water partition coefficient (Wildman–Crippen LogP) is 1.78. The lowest BCUT2D eigenvalue weighted by molar-refractivity contribution is 0.100. The van der Waals surface area contributed by atoms with E-state index in [1.54, 1.807) is 0 Å². The normalized spacial score (nSPS) is 15.5. The molecule has 1 aromatic carbocycles. The van der Waals surface area contributed by atoms with E-state index in [0.29, 0.717) is 0 Å². The van der Waals surface area contributed by atoms with Crippen LogP contribution in [0.3, 0.4) is 0 Å². The average molecular weight is 189 g/mol. The number of benzene rings is 1. The molecule has 0 saturated heterocycles. The van der Waals surface area contributed by atoms with Gasteiger partial charge >= 0.3 is 0 Å². The summed E-state index contributed by atoms with van der Waals surface area (Å²) >= 11 is 0. The molecule has 1 fully saturated rings. The molecule has 1 aromatic rings. The molecule has 0 spiro atoms. The Morgan fingerprint density at radius 3 is 2.43 bits per heavy atom. The van der Waals surface area contributed by atoms with E-state index in [1.165, 1.54) is 18.4 Å². The molecule has 1 aliphatic rings. The van der Waals surface area contributed by atoms with Gasteiger partial charge in [0.05, 0.1) is 6.54 Å². The molecule has 14 heavy (non-hydrogen) atoms. The average Bonchev–Trinajstić information content (AvgIpc) is 3.02. The molecule has 0 atom stereocenters. The first-order valence-electron chi connectivity index (χ1n) is 5.12. The molecule has 0 aromatic heterocycles. The lowest BCUT2D eigenvalue weighted by atomic mass is 10.0. The van der Waals surface area contributed by atoms with E-state index in [9.17, 15) is 4.79 Å². The minimum atomic E-state index is 0.0166. The first kappa shape index (κ1) is 9.41. The third kappa shape index (κ3) is 2.20. The number of nitrogens with two attached hydrogens (primary N) is 1. The van der Waals surface area contributed by atoms with E-state index in [0.717, 1.165) is 17.9 Å². The largest absolute Gasteiger partial charge is 0.324 e. The number of carbonyl (C=O) groups is 1. The van der Waals surface area contributed by atoms with Gasteiger partial charge in [0, 0.05) is 5.56 Å². The Labute approximate surface area is 84.1 Å². The molecular formula is C12H15NO. The minimum absolute atomic E-state index is 0.0166. The van der Waals surface area contributed by atoms with Crippen molar-refractivity contribution in [2.75, 3.05) is 6.54 Å². The maximum atomic E-state index is 11.2. The summed E-state index contributed by atoms with van der Waals surface area (Å²) < 4.78 is 0. The molecule has 0 radical (unpaired) electrons. The van der Waals surface area contributed by atoms with E-state index < -0.39 is 0 Å². The second-order valence-corrected chi connectivity index (χ2v) is 3.97. The fourth-order valence-electron chi connectivity index (χ4n) is 1.60. The van der Waals surface area contributed by atoms with Gasteiger partial charge in [0.2, 0.25) is 0 Å². The Morgan fingerprint density at radius 2 is 1.93 bits per heavy atom. The monoisotopic (exact) mass is 189 g/mol. The highest BCUT2D eigenvalue weighted by Gasteiger charge is 2.21. The molecule has 2 rings (SSSR count). The smallest absolute Gasteiger partial charge is 0.176 e. The molecule has 0 bridgehead atoms. The summed E-state index contributed by atoms with van der Waals surface area (Å²) in [6, 6.07) is 7.85. The van der Waals surface area contributed by atoms with Crippen LogP contribution in [0.15, 0.2) is 24.3 Å². The molecule has 1 saturated carbocycles. The summed E-state index contributed by atoms with van der Waals surface area (Å²) in [7, 11) is 0. The maximum absolute atomic E-state index is 11.2. The summed E-state index contributed by atoms with van der Waals surface area (Å²) in [5.74, 6) is 0.911. The maximum Gasteiger partial charge on any atom is 0.176 e. The first-order valence-corrected chi connectivity index (χ1v) is 5.12. The van der Waals surface area contributed by atoms with Crippen molar-refractivity contribution in [1.82, 2.24) is 0 Å². The molecule has 1 aliphatic carbocycles. The van der Waals surface area contributed by atoms with Gasteiger partial charge in [-0.05, 0) is 30.7 Å². The van der Waals surface area contributed by atoms with Crippen LogP contribution in [0.25, 0.3) is 0 Å². The van der Waals surface area contributed by atoms with Gasteiger partial charge in [0.1, 0.15) is 0 Å². The van der Waals surface area contributed by atoms with Crippen molar-refractivity contribution in [1.29, 1.82) is 0 Å². The van der Waals surface area contributed by atoms with E-state index in [1.807, 2.05) is 24.3 Å². The molecule has 0 unspecified atom stereocenters. The number of hydrogen-bond donors (Lipinski definition) is 1. The molecule has 2 N–H and O–H groups in total. The van der Waals surface area contributed by atoms with E-state index >= 15 is 0 Å². The van der Waals surface area contributed by atoms with Gasteiger partial charge in [-0.25, -0.2) is 0 Å². The fraction of sp³-hybridized carbons (Fsp3) is 0.417. The highest BCUT2D eigenvalue weighted by molar-refractivity contribution is 5.97. The summed E-state index contributed by atoms with van der Waals surface area (Å²) in [6.45, 7) is 0.0992. The number of carbonyl (C=O) groups excluding carboxylic acids is 1. The van der Waals surface area contributed by atoms with Gasteiger partial charge in [0.15, 0.2) is 5.78 Å². The molecule has 0 amide bonds. The van der Waals surface area contributed by atoms with Crippen LogP contribution in [0.2, 0.25) is 0 Å². The van der Waals surface area contributed by atoms with Crippen LogP contribution in [0.5, 0.6) is 0 Å². The van der Waals surface area contributed by atoms with Crippen LogP contribution in [-0.4, -0.2) is 12.3 Å². The summed E-state index contributed by atoms with van der Waals surface area (Å²) in [5.41, 5.74) is 7.35. The van der Waals surface area contributed by atoms with Gasteiger partial charge in [0.25, 0.3) is 0 Å². The number of Topliss-reactive ketones (excluding diaryl/α,β-unsaturated/α-hetero) is 1. The van der Waals surface area contributed by atoms with Crippen molar-refractivity contribution in [3.8, 4) is 0 Å². The summed E-state index contributed by atoms with van der Waals surface area (Å²) in [4.78, 5) is 11.2. The zero-order valence-corrected chi connectivity index (χ0v) is 8.20. The third-order valence-electron chi connectivity index (χ3n) is 2.68. The molecule has 0 heterocycles. The Balaban J connectivity index is 2.04. The van der Waals surface area contributed by atoms with Crippen molar-refractivity contribution >= 4 is 5.78 Å². The van der Waals surface area contributed by atoms with Crippen molar-refractivity contribution in [3.05, 3.63) is 35.4 Å². The van der Waals surface area contributed by atoms with Gasteiger partial charge in [-0.15, -0.1) is 0 Å². The Bertz CT molecular complexity index is 325. The predicted molar refractivity (Wildman–Crippen MR) is 56.3 cm³/mol. The highest BCUT2D eigenvalue weighted by atomic mass is 16.1. The number of ketones is 1. The third-order valence-corrected chi connectivity index (χ3v) is 2.68. The first-order chi connectivity index (χ1) is 6.79. The number of rotatable bonds is 4. The topological polar surface area (TPSA) is 43.1 Å². The quantitative estimate of drug-likeness (QED) is 0.734. The lowest BCUT2D eigenvalue weighted by Gasteiger charge is -2.01. The van der Waals surface area contributed by atoms with E-state index in [2.05, 4.69) is 0 Å². The minimum Gasteiger partial charge on any atom is -0.324 e. The standard InChI is InChI=1S/C12H15NO/c13-8-12(14)11-5-3-10(4-6-11)7-9-1-2-9/h3-6,9H,1-2,7-8,13H2. The molecule has 2 nitrogen and oxygen atoms in total. The van der Waals surface area contributed by atoms with Crippen molar-refractivity contribution in [2.45, 2.75) is 19.3 Å². The van der Waals surface area contributed by atoms with Crippen molar-refractivity contribution in [3.63, 3.8) is 0 Å². The second-order valence-electron chi connectivity index (χ2n) is 3.97. The highest BCUT2D eigenvalue weighted by Crippen LogP contribution is 2.32. The van der Waals surface area contributed by atoms with Crippen LogP contribution < -0.4 is 5.73 Å². The van der Waals surface area contributed by atoms with Crippen LogP contribution in [0.1, 0.15) is 28.8 Å². The van der Waals surface area contributed by atoms with Crippen molar-refractivity contribution in [2.24, 2.45) is 11.7 Å². The van der Waals surface area contributed by atoms with Crippen LogP contribution >= 0.6 is 0 Å². The van der Waals surface area contributed by atoms with Crippen LogP contribution in [-0.2, 0) is 6.42 Å². The molecule has 2 heteroatoms. The lowest BCUT2D eigenvalue weighted by Crippen LogP contribution is -2.13. The van der Waals surface area contributed by atoms with Gasteiger partial charge < -0.3 is 5.73 Å². The van der Waals surface area contributed by atoms with Gasteiger partial charge in [-0.1, -0.05) is 24.3 Å². The summed E-state index contributed by atoms with van der Waals surface area (Å²) in [5, 5.41) is 0. The Kier molecular flexibility index (Phi) is 2.64. The van der Waals surface area contributed by atoms with E-state index in [-0.39, 0.29) is 12.3 Å². The zero-order chi connectivity index (χ0) is 9.97. The second kappa shape index (κ2) is 3.93. The van der Waals surface area contributed by atoms with E-state index in [4.69, 9.17) is 5.73 Å². The zero-order valence-electron chi connectivity index (χ0n) is 8.20. The molecule has 0 aliphatic heterocycles. The van der Waals surface area contributed by atoms with Crippen LogP contribution in [0, 0.1) is 5.92 Å². The fourth-order valence-corrected chi connectivity index (χ4v) is 1.60. The van der Waals surface area contributed by atoms with Crippen LogP contribution in [0.4, 0.5) is 0 Å². The molecule has 74 valence electrons. The Morgan fingerprint density at radius 1 is 1.29 bits per heavy atom. The van der Waals surface area contributed by atoms with Gasteiger partial charge in [-0.2, -0.15) is 0 Å². The molecular weight excluding hydrogens is 174 g/mol. The summed E-state index contributed by atoms with van der Waals surface area (Å²) in [6.07, 6.45) is 3.89. The number of hydrogen-bond acceptors (Lipinski definition) is 2. The van der Waals surface area contributed by atoms with Crippen molar-refractivity contribution < 1.29 is 4.79 Å². The van der Waals surface area contributed by atoms with Gasteiger partial charge in [-0.3, -0.25) is 4.79 Å².